The number of hydrogen-bond acceptors (Lipinski definition) is 7. The van der Waals surface area contributed by atoms with Gasteiger partial charge in [-0.25, -0.2) is 14.4 Å². The van der Waals surface area contributed by atoms with Crippen LogP contribution in [0.4, 0.5) is 4.79 Å². The van der Waals surface area contributed by atoms with Gasteiger partial charge in [-0.3, -0.25) is 14.4 Å². The van der Waals surface area contributed by atoms with Crippen LogP contribution < -0.4 is 16.0 Å². The summed E-state index contributed by atoms with van der Waals surface area (Å²) in [6.07, 6.45) is -0.140. The number of ether oxygens (including phenoxy) is 1. The predicted molar refractivity (Wildman–Crippen MR) is 136 cm³/mol. The van der Waals surface area contributed by atoms with Crippen molar-refractivity contribution in [3.05, 3.63) is 34.9 Å². The van der Waals surface area contributed by atoms with E-state index in [-0.39, 0.29) is 31.9 Å². The van der Waals surface area contributed by atoms with Crippen molar-refractivity contribution in [2.75, 3.05) is 6.54 Å². The molecule has 2 atom stereocenters. The molecule has 0 fully saturated rings. The molecule has 1 aromatic carbocycles. The molecular weight excluding hydrogens is 502 g/mol. The molecule has 0 spiro atoms. The van der Waals surface area contributed by atoms with Crippen molar-refractivity contribution < 1.29 is 48.8 Å². The minimum atomic E-state index is -1.49. The van der Waals surface area contributed by atoms with Crippen LogP contribution in [0, 0.1) is 6.92 Å². The van der Waals surface area contributed by atoms with E-state index in [1.165, 1.54) is 6.92 Å². The van der Waals surface area contributed by atoms with E-state index in [0.29, 0.717) is 24.0 Å². The van der Waals surface area contributed by atoms with Gasteiger partial charge in [0.1, 0.15) is 18.7 Å². The number of nitrogens with one attached hydrogen (secondary N) is 3. The molecule has 38 heavy (non-hydrogen) atoms. The molecule has 0 aliphatic carbocycles. The zero-order valence-electron chi connectivity index (χ0n) is 22.0. The quantitative estimate of drug-likeness (QED) is 0.141. The average Bonchev–Trinajstić information content (AvgIpc) is 2.85. The van der Waals surface area contributed by atoms with Crippen molar-refractivity contribution in [1.82, 2.24) is 16.0 Å². The molecule has 0 aliphatic rings. The standard InChI is InChI=1S/C23H31N3O10.C2H6/c1-13-6-7-15(12-36-14(2)27)16(11-13)20(30)24-10-4-3-5-17(21(31)32)25-23(35)26-18(22(33)34)8-9-19(28)29;1-2/h6-7,11,17-18H,3-5,8-10,12H2,1-2H3,(H,24,30)(H,28,29)(H,31,32)(H,33,34)(H2,25,26,35);1-2H3/t17?,18-;/m0./s1. The topological polar surface area (TPSA) is 208 Å². The highest BCUT2D eigenvalue weighted by Crippen LogP contribution is 2.14. The van der Waals surface area contributed by atoms with Crippen molar-refractivity contribution in [2.24, 2.45) is 0 Å². The van der Waals surface area contributed by atoms with E-state index in [0.717, 1.165) is 5.56 Å². The Morgan fingerprint density at radius 3 is 2.00 bits per heavy atom. The molecule has 0 bridgehead atoms. The van der Waals surface area contributed by atoms with Gasteiger partial charge >= 0.3 is 29.9 Å². The zero-order valence-corrected chi connectivity index (χ0v) is 22.0. The van der Waals surface area contributed by atoms with Gasteiger partial charge in [0, 0.05) is 31.0 Å². The number of amides is 3. The second kappa shape index (κ2) is 18.1. The van der Waals surface area contributed by atoms with Crippen molar-refractivity contribution in [1.29, 1.82) is 0 Å². The minimum Gasteiger partial charge on any atom is -0.481 e. The Morgan fingerprint density at radius 2 is 1.47 bits per heavy atom. The van der Waals surface area contributed by atoms with Crippen molar-refractivity contribution in [2.45, 2.75) is 78.5 Å². The van der Waals surface area contributed by atoms with E-state index in [1.807, 2.05) is 20.8 Å². The highest BCUT2D eigenvalue weighted by molar-refractivity contribution is 5.96. The maximum Gasteiger partial charge on any atom is 0.326 e. The summed E-state index contributed by atoms with van der Waals surface area (Å²) in [5, 5.41) is 34.0. The first kappa shape index (κ1) is 33.8. The smallest absolute Gasteiger partial charge is 0.326 e. The molecule has 0 aromatic heterocycles. The number of esters is 1. The van der Waals surface area contributed by atoms with E-state index in [2.05, 4.69) is 16.0 Å². The normalized spacial score (nSPS) is 11.6. The fraction of sp³-hybridized carbons (Fsp3) is 0.520. The van der Waals surface area contributed by atoms with E-state index in [4.69, 9.17) is 14.9 Å². The van der Waals surface area contributed by atoms with Gasteiger partial charge in [0.25, 0.3) is 5.91 Å². The van der Waals surface area contributed by atoms with Gasteiger partial charge in [0.15, 0.2) is 0 Å². The van der Waals surface area contributed by atoms with Crippen LogP contribution in [-0.4, -0.2) is 69.8 Å². The van der Waals surface area contributed by atoms with Gasteiger partial charge < -0.3 is 36.0 Å². The molecule has 13 nitrogen and oxygen atoms in total. The first-order chi connectivity index (χ1) is 17.9. The molecule has 0 saturated carbocycles. The van der Waals surface area contributed by atoms with Crippen LogP contribution in [0.5, 0.6) is 0 Å². The number of aliphatic carboxylic acids is 3. The van der Waals surface area contributed by atoms with Crippen LogP contribution in [0.2, 0.25) is 0 Å². The molecule has 1 unspecified atom stereocenters. The number of carboxylic acid groups (broad SMARTS) is 3. The fourth-order valence-corrected chi connectivity index (χ4v) is 3.12. The number of benzene rings is 1. The van der Waals surface area contributed by atoms with Crippen LogP contribution >= 0.6 is 0 Å². The van der Waals surface area contributed by atoms with Crippen LogP contribution in [0.1, 0.15) is 74.4 Å². The van der Waals surface area contributed by atoms with E-state index >= 15 is 0 Å². The summed E-state index contributed by atoms with van der Waals surface area (Å²) in [6.45, 7) is 7.24. The number of hydrogen-bond donors (Lipinski definition) is 6. The van der Waals surface area contributed by atoms with Gasteiger partial charge in [0.2, 0.25) is 0 Å². The number of carbonyl (C=O) groups excluding carboxylic acids is 3. The number of unbranched alkanes of at least 4 members (excludes halogenated alkanes) is 1. The Balaban J connectivity index is 0.00000667. The molecule has 212 valence electrons. The first-order valence-electron chi connectivity index (χ1n) is 12.2. The van der Waals surface area contributed by atoms with Crippen LogP contribution in [0.15, 0.2) is 18.2 Å². The number of urea groups is 1. The summed E-state index contributed by atoms with van der Waals surface area (Å²) in [6, 6.07) is 1.29. The maximum atomic E-state index is 12.6. The third-order valence-electron chi connectivity index (χ3n) is 5.00. The zero-order chi connectivity index (χ0) is 29.3. The average molecular weight is 540 g/mol. The summed E-state index contributed by atoms with van der Waals surface area (Å²) in [5.41, 5.74) is 1.74. The van der Waals surface area contributed by atoms with Crippen LogP contribution in [0.25, 0.3) is 0 Å². The lowest BCUT2D eigenvalue weighted by molar-refractivity contribution is -0.143. The van der Waals surface area contributed by atoms with Gasteiger partial charge in [0.05, 0.1) is 0 Å². The SMILES string of the molecule is CC.CC(=O)OCc1ccc(C)cc1C(=O)NCCCCC(NC(=O)N[C@@H](CCC(=O)O)C(=O)O)C(=O)O. The third-order valence-corrected chi connectivity index (χ3v) is 5.00. The molecular formula is C25H37N3O10. The maximum absolute atomic E-state index is 12.6. The third kappa shape index (κ3) is 13.8. The first-order valence-corrected chi connectivity index (χ1v) is 12.2. The lowest BCUT2D eigenvalue weighted by Gasteiger charge is -2.18. The van der Waals surface area contributed by atoms with Crippen molar-refractivity contribution >= 4 is 35.8 Å². The number of carboxylic acids is 3. The molecule has 1 aromatic rings. The van der Waals surface area contributed by atoms with Gasteiger partial charge in [-0.1, -0.05) is 31.5 Å². The molecule has 6 N–H and O–H groups in total. The van der Waals surface area contributed by atoms with Gasteiger partial charge in [-0.2, -0.15) is 0 Å². The van der Waals surface area contributed by atoms with E-state index in [1.54, 1.807) is 18.2 Å². The Kier molecular flexibility index (Phi) is 16.2. The highest BCUT2D eigenvalue weighted by Gasteiger charge is 2.24. The van der Waals surface area contributed by atoms with Crippen molar-refractivity contribution in [3.8, 4) is 0 Å². The minimum absolute atomic E-state index is 0.00757. The van der Waals surface area contributed by atoms with E-state index in [9.17, 15) is 33.9 Å². The fourth-order valence-electron chi connectivity index (χ4n) is 3.12. The Bertz CT molecular complexity index is 980. The van der Waals surface area contributed by atoms with Gasteiger partial charge in [-0.15, -0.1) is 0 Å². The predicted octanol–water partition coefficient (Wildman–Crippen LogP) is 2.05. The number of carbonyl (C=O) groups is 6. The van der Waals surface area contributed by atoms with Crippen molar-refractivity contribution in [3.63, 3.8) is 0 Å². The molecule has 13 heteroatoms. The molecule has 3 amide bonds. The molecule has 0 aliphatic heterocycles. The van der Waals surface area contributed by atoms with Crippen LogP contribution in [0.3, 0.4) is 0 Å². The Hall–Kier alpha value is -4.16. The van der Waals surface area contributed by atoms with Gasteiger partial charge in [-0.05, 0) is 38.7 Å². The monoisotopic (exact) mass is 539 g/mol. The lowest BCUT2D eigenvalue weighted by Crippen LogP contribution is -2.51. The lowest BCUT2D eigenvalue weighted by atomic mass is 10.0. The van der Waals surface area contributed by atoms with E-state index < -0.39 is 48.4 Å². The summed E-state index contributed by atoms with van der Waals surface area (Å²) in [4.78, 5) is 68.9. The van der Waals surface area contributed by atoms with Crippen LogP contribution in [-0.2, 0) is 30.5 Å². The molecule has 0 radical (unpaired) electrons. The second-order valence-electron chi connectivity index (χ2n) is 8.02. The largest absolute Gasteiger partial charge is 0.481 e. The summed E-state index contributed by atoms with van der Waals surface area (Å²) >= 11 is 0. The highest BCUT2D eigenvalue weighted by atomic mass is 16.5. The Morgan fingerprint density at radius 1 is 0.895 bits per heavy atom. The number of aryl methyl sites for hydroxylation is 1. The molecule has 1 rings (SSSR count). The second-order valence-corrected chi connectivity index (χ2v) is 8.02. The molecule has 0 heterocycles. The Labute approximate surface area is 220 Å². The summed E-state index contributed by atoms with van der Waals surface area (Å²) < 4.78 is 4.97. The molecule has 0 saturated heterocycles. The summed E-state index contributed by atoms with van der Waals surface area (Å²) in [5.74, 6) is -4.87. The number of rotatable bonds is 15. The summed E-state index contributed by atoms with van der Waals surface area (Å²) in [7, 11) is 0.